The van der Waals surface area contributed by atoms with Gasteiger partial charge in [-0.05, 0) is 43.3 Å². The van der Waals surface area contributed by atoms with Crippen LogP contribution in [-0.2, 0) is 4.74 Å². The summed E-state index contributed by atoms with van der Waals surface area (Å²) in [6.07, 6.45) is 0.180. The first-order valence-electron chi connectivity index (χ1n) is 6.01. The summed E-state index contributed by atoms with van der Waals surface area (Å²) in [5.74, 6) is 0.856. The zero-order chi connectivity index (χ0) is 13.5. The smallest absolute Gasteiger partial charge is 0.394 e. The van der Waals surface area contributed by atoms with Gasteiger partial charge >= 0.3 is 6.08 Å². The summed E-state index contributed by atoms with van der Waals surface area (Å²) in [5.41, 5.74) is 0.650. The number of rotatable bonds is 3. The predicted octanol–water partition coefficient (Wildman–Crippen LogP) is 3.50. The highest BCUT2D eigenvalue weighted by molar-refractivity contribution is 5.73. The molecule has 0 aliphatic carbocycles. The Morgan fingerprint density at radius 1 is 1.05 bits per heavy atom. The summed E-state index contributed by atoms with van der Waals surface area (Å²) in [6, 6.07) is 15.8. The molecule has 0 fully saturated rings. The average Bonchev–Trinajstić information content (AvgIpc) is 2.43. The summed E-state index contributed by atoms with van der Waals surface area (Å²) in [4.78, 5) is 4.25. The van der Waals surface area contributed by atoms with Gasteiger partial charge in [-0.15, -0.1) is 0 Å². The van der Waals surface area contributed by atoms with E-state index in [-0.39, 0.29) is 11.8 Å². The van der Waals surface area contributed by atoms with Crippen molar-refractivity contribution in [2.24, 2.45) is 4.99 Å². The van der Waals surface area contributed by atoms with E-state index in [2.05, 4.69) is 4.99 Å². The van der Waals surface area contributed by atoms with Crippen LogP contribution in [0.15, 0.2) is 59.6 Å². The van der Waals surface area contributed by atoms with Crippen molar-refractivity contribution in [2.75, 3.05) is 6.61 Å². The van der Waals surface area contributed by atoms with Crippen LogP contribution in [0.4, 0.5) is 5.69 Å². The minimum atomic E-state index is 0.180. The van der Waals surface area contributed by atoms with Crippen LogP contribution >= 0.6 is 0 Å². The van der Waals surface area contributed by atoms with E-state index in [0.29, 0.717) is 18.0 Å². The Hall–Kier alpha value is -2.49. The van der Waals surface area contributed by atoms with Crippen molar-refractivity contribution in [3.63, 3.8) is 0 Å². The molecule has 0 aliphatic heterocycles. The lowest BCUT2D eigenvalue weighted by atomic mass is 10.3. The van der Waals surface area contributed by atoms with Gasteiger partial charge in [-0.2, -0.15) is 4.99 Å². The van der Waals surface area contributed by atoms with Gasteiger partial charge in [0, 0.05) is 0 Å². The van der Waals surface area contributed by atoms with Gasteiger partial charge in [0.1, 0.15) is 11.5 Å². The van der Waals surface area contributed by atoms with Crippen molar-refractivity contribution in [2.45, 2.75) is 6.92 Å². The third kappa shape index (κ3) is 4.03. The molecule has 0 saturated carbocycles. The van der Waals surface area contributed by atoms with E-state index < -0.39 is 0 Å². The monoisotopic (exact) mass is 257 g/mol. The number of hydrogen-bond acceptors (Lipinski definition) is 4. The number of ether oxygens (including phenoxy) is 2. The number of nitrogens with zero attached hydrogens (tertiary/aromatic N) is 1. The van der Waals surface area contributed by atoms with Gasteiger partial charge in [0.05, 0.1) is 12.3 Å². The zero-order valence-electron chi connectivity index (χ0n) is 10.6. The molecule has 0 atom stereocenters. The second-order valence-electron chi connectivity index (χ2n) is 3.74. The van der Waals surface area contributed by atoms with Crippen molar-refractivity contribution in [1.82, 2.24) is 0 Å². The van der Waals surface area contributed by atoms with E-state index >= 15 is 0 Å². The van der Waals surface area contributed by atoms with Crippen molar-refractivity contribution >= 4 is 11.8 Å². The Morgan fingerprint density at radius 2 is 1.74 bits per heavy atom. The SMILES string of the molecule is CCOC(=Nc1ccc(O)cc1)Oc1ccccc1. The van der Waals surface area contributed by atoms with E-state index in [9.17, 15) is 5.11 Å². The third-order valence-electron chi connectivity index (χ3n) is 2.29. The third-order valence-corrected chi connectivity index (χ3v) is 2.29. The van der Waals surface area contributed by atoms with Crippen molar-refractivity contribution in [1.29, 1.82) is 0 Å². The fraction of sp³-hybridized carbons (Fsp3) is 0.133. The molecular formula is C15H15NO3. The van der Waals surface area contributed by atoms with Crippen molar-refractivity contribution in [3.05, 3.63) is 54.6 Å². The van der Waals surface area contributed by atoms with Crippen LogP contribution in [0, 0.1) is 0 Å². The lowest BCUT2D eigenvalue weighted by Crippen LogP contribution is -2.12. The number of aromatic hydroxyl groups is 1. The quantitative estimate of drug-likeness (QED) is 0.676. The standard InChI is InChI=1S/C15H15NO3/c1-2-18-15(19-14-6-4-3-5-7-14)16-12-8-10-13(17)11-9-12/h3-11,17H,2H2,1H3. The molecule has 2 aromatic rings. The number of aliphatic imine (C=N–C) groups is 1. The van der Waals surface area contributed by atoms with E-state index in [1.54, 1.807) is 24.3 Å². The largest absolute Gasteiger partial charge is 0.508 e. The lowest BCUT2D eigenvalue weighted by molar-refractivity contribution is 0.251. The highest BCUT2D eigenvalue weighted by Crippen LogP contribution is 2.18. The van der Waals surface area contributed by atoms with Crippen molar-refractivity contribution in [3.8, 4) is 11.5 Å². The van der Waals surface area contributed by atoms with Gasteiger partial charge in [-0.3, -0.25) is 0 Å². The first-order valence-corrected chi connectivity index (χ1v) is 6.01. The van der Waals surface area contributed by atoms with Crippen LogP contribution in [0.5, 0.6) is 11.5 Å². The van der Waals surface area contributed by atoms with Crippen LogP contribution in [0.2, 0.25) is 0 Å². The zero-order valence-corrected chi connectivity index (χ0v) is 10.6. The van der Waals surface area contributed by atoms with E-state index in [1.165, 1.54) is 0 Å². The molecule has 19 heavy (non-hydrogen) atoms. The molecular weight excluding hydrogens is 242 g/mol. The van der Waals surface area contributed by atoms with Crippen LogP contribution in [-0.4, -0.2) is 17.8 Å². The van der Waals surface area contributed by atoms with Crippen LogP contribution in [0.25, 0.3) is 0 Å². The van der Waals surface area contributed by atoms with Crippen LogP contribution in [0.1, 0.15) is 6.92 Å². The molecule has 2 aromatic carbocycles. The van der Waals surface area contributed by atoms with Gasteiger partial charge in [-0.1, -0.05) is 18.2 Å². The van der Waals surface area contributed by atoms with E-state index in [1.807, 2.05) is 37.3 Å². The maximum Gasteiger partial charge on any atom is 0.394 e. The van der Waals surface area contributed by atoms with Gasteiger partial charge in [0.2, 0.25) is 0 Å². The molecule has 0 spiro atoms. The summed E-state index contributed by atoms with van der Waals surface area (Å²) >= 11 is 0. The van der Waals surface area contributed by atoms with Crippen LogP contribution in [0.3, 0.4) is 0 Å². The number of hydrogen-bond donors (Lipinski definition) is 1. The Labute approximate surface area is 111 Å². The number of para-hydroxylation sites is 1. The molecule has 1 N–H and O–H groups in total. The van der Waals surface area contributed by atoms with Gasteiger partial charge in [0.15, 0.2) is 0 Å². The molecule has 0 amide bonds. The molecule has 0 aliphatic rings. The minimum Gasteiger partial charge on any atom is -0.508 e. The topological polar surface area (TPSA) is 51.0 Å². The summed E-state index contributed by atoms with van der Waals surface area (Å²) < 4.78 is 10.9. The number of phenolic OH excluding ortho intramolecular Hbond substituents is 1. The van der Waals surface area contributed by atoms with E-state index in [4.69, 9.17) is 9.47 Å². The Kier molecular flexibility index (Phi) is 4.39. The Morgan fingerprint density at radius 3 is 2.37 bits per heavy atom. The molecule has 2 rings (SSSR count). The summed E-state index contributed by atoms with van der Waals surface area (Å²) in [5, 5.41) is 9.22. The predicted molar refractivity (Wildman–Crippen MR) is 73.9 cm³/mol. The normalized spacial score (nSPS) is 11.1. The van der Waals surface area contributed by atoms with Gasteiger partial charge in [-0.25, -0.2) is 0 Å². The highest BCUT2D eigenvalue weighted by atomic mass is 16.7. The minimum absolute atomic E-state index is 0.180. The molecule has 4 nitrogen and oxygen atoms in total. The van der Waals surface area contributed by atoms with Gasteiger partial charge < -0.3 is 14.6 Å². The maximum atomic E-state index is 9.22. The van der Waals surface area contributed by atoms with E-state index in [0.717, 1.165) is 0 Å². The maximum absolute atomic E-state index is 9.22. The first-order chi connectivity index (χ1) is 9.28. The fourth-order valence-electron chi connectivity index (χ4n) is 1.43. The molecule has 0 radical (unpaired) electrons. The van der Waals surface area contributed by atoms with Crippen molar-refractivity contribution < 1.29 is 14.6 Å². The fourth-order valence-corrected chi connectivity index (χ4v) is 1.43. The Balaban J connectivity index is 2.17. The lowest BCUT2D eigenvalue weighted by Gasteiger charge is -2.08. The second-order valence-corrected chi connectivity index (χ2v) is 3.74. The number of benzene rings is 2. The first kappa shape index (κ1) is 13.0. The summed E-state index contributed by atoms with van der Waals surface area (Å²) in [7, 11) is 0. The second kappa shape index (κ2) is 6.44. The molecule has 0 heterocycles. The highest BCUT2D eigenvalue weighted by Gasteiger charge is 2.04. The molecule has 4 heteroatoms. The molecule has 98 valence electrons. The molecule has 0 unspecified atom stereocenters. The average molecular weight is 257 g/mol. The van der Waals surface area contributed by atoms with Gasteiger partial charge in [0.25, 0.3) is 0 Å². The molecule has 0 saturated heterocycles. The molecule has 0 bridgehead atoms. The molecule has 0 aromatic heterocycles. The number of phenols is 1. The van der Waals surface area contributed by atoms with Crippen LogP contribution < -0.4 is 4.74 Å². The summed E-state index contributed by atoms with van der Waals surface area (Å²) in [6.45, 7) is 2.32. The Bertz CT molecular complexity index is 535.